The number of nitrogens with zero attached hydrogens (tertiary/aromatic N) is 8. The molecule has 2 aliphatic rings. The molecule has 0 saturated heterocycles. The summed E-state index contributed by atoms with van der Waals surface area (Å²) in [4.78, 5) is 0. The number of hydrogen-bond acceptors (Lipinski definition) is 8. The van der Waals surface area contributed by atoms with E-state index in [0.29, 0.717) is 24.7 Å². The van der Waals surface area contributed by atoms with E-state index in [1.807, 2.05) is 27.7 Å². The first kappa shape index (κ1) is 27.2. The Balaban J connectivity index is 0.000000320. The average Bonchev–Trinajstić information content (AvgIpc) is 3.68. The van der Waals surface area contributed by atoms with E-state index in [0.717, 1.165) is 38.5 Å². The van der Waals surface area contributed by atoms with Gasteiger partial charge in [0.25, 0.3) is 0 Å². The van der Waals surface area contributed by atoms with Crippen LogP contribution in [0.25, 0.3) is 0 Å². The van der Waals surface area contributed by atoms with Gasteiger partial charge in [0.05, 0.1) is 24.3 Å². The van der Waals surface area contributed by atoms with Crippen molar-refractivity contribution in [1.29, 1.82) is 21.0 Å². The minimum Gasteiger partial charge on any atom is -0.196 e. The minimum atomic E-state index is -0.791. The maximum absolute atomic E-state index is 9.13. The average molecular weight is 437 g/mol. The molecule has 0 bridgehead atoms. The summed E-state index contributed by atoms with van der Waals surface area (Å²) < 4.78 is 0. The lowest BCUT2D eigenvalue weighted by atomic mass is 9.98. The highest BCUT2D eigenvalue weighted by atomic mass is 15.2. The molecule has 4 atom stereocenters. The first-order valence-corrected chi connectivity index (χ1v) is 11.5. The van der Waals surface area contributed by atoms with E-state index in [4.69, 9.17) is 21.0 Å². The summed E-state index contributed by atoms with van der Waals surface area (Å²) in [6, 6.07) is 8.75. The van der Waals surface area contributed by atoms with Crippen molar-refractivity contribution >= 4 is 0 Å². The van der Waals surface area contributed by atoms with Crippen LogP contribution in [0.3, 0.4) is 0 Å². The van der Waals surface area contributed by atoms with Gasteiger partial charge in [-0.05, 0) is 78.1 Å². The number of azo groups is 2. The number of rotatable bonds is 10. The topological polar surface area (TPSA) is 145 Å². The molecule has 0 spiro atoms. The molecule has 4 unspecified atom stereocenters. The van der Waals surface area contributed by atoms with Crippen molar-refractivity contribution in [2.45, 2.75) is 115 Å². The van der Waals surface area contributed by atoms with E-state index in [9.17, 15) is 0 Å². The van der Waals surface area contributed by atoms with Crippen LogP contribution in [0.15, 0.2) is 20.5 Å². The molecule has 0 radical (unpaired) electrons. The highest BCUT2D eigenvalue weighted by molar-refractivity contribution is 5.15. The molecule has 0 amide bonds. The zero-order valence-corrected chi connectivity index (χ0v) is 20.4. The Morgan fingerprint density at radius 1 is 0.594 bits per heavy atom. The molecule has 2 fully saturated rings. The molecule has 8 nitrogen and oxygen atoms in total. The summed E-state index contributed by atoms with van der Waals surface area (Å²) >= 11 is 0. The second kappa shape index (κ2) is 11.2. The molecule has 0 aromatic heterocycles. The fourth-order valence-corrected chi connectivity index (χ4v) is 3.34. The lowest BCUT2D eigenvalue weighted by Gasteiger charge is -2.18. The van der Waals surface area contributed by atoms with Crippen molar-refractivity contribution in [1.82, 2.24) is 0 Å². The third-order valence-corrected chi connectivity index (χ3v) is 6.11. The Bertz CT molecular complexity index is 790. The van der Waals surface area contributed by atoms with Gasteiger partial charge in [0, 0.05) is 0 Å². The zero-order valence-electron chi connectivity index (χ0n) is 20.4. The predicted molar refractivity (Wildman–Crippen MR) is 121 cm³/mol. The van der Waals surface area contributed by atoms with Crippen LogP contribution < -0.4 is 0 Å². The fourth-order valence-electron chi connectivity index (χ4n) is 3.34. The van der Waals surface area contributed by atoms with E-state index in [1.54, 1.807) is 13.8 Å². The van der Waals surface area contributed by atoms with Crippen LogP contribution in [0, 0.1) is 57.2 Å². The van der Waals surface area contributed by atoms with Crippen LogP contribution in [0.4, 0.5) is 0 Å². The number of nitriles is 4. The van der Waals surface area contributed by atoms with Crippen LogP contribution in [-0.2, 0) is 0 Å². The van der Waals surface area contributed by atoms with Gasteiger partial charge in [0.1, 0.15) is 0 Å². The van der Waals surface area contributed by atoms with Crippen molar-refractivity contribution < 1.29 is 0 Å². The SMILES string of the molecule is CC(C#N)(/N=N/C(C)(C#N)C1CC1)C1CC1.CCCC(C)(C#N)/N=N/C(C)(C#N)CCC. The van der Waals surface area contributed by atoms with Crippen molar-refractivity contribution in [3.05, 3.63) is 0 Å². The van der Waals surface area contributed by atoms with Crippen LogP contribution in [0.1, 0.15) is 92.9 Å². The second-order valence-corrected chi connectivity index (χ2v) is 9.74. The fraction of sp³-hybridized carbons (Fsp3) is 0.833. The van der Waals surface area contributed by atoms with Crippen molar-refractivity contribution in [2.75, 3.05) is 0 Å². The van der Waals surface area contributed by atoms with Gasteiger partial charge in [0.15, 0.2) is 22.2 Å². The Labute approximate surface area is 193 Å². The lowest BCUT2D eigenvalue weighted by molar-refractivity contribution is 0.428. The Morgan fingerprint density at radius 3 is 1.09 bits per heavy atom. The van der Waals surface area contributed by atoms with E-state index in [2.05, 4.69) is 44.7 Å². The monoisotopic (exact) mass is 436 g/mol. The molecule has 8 heteroatoms. The van der Waals surface area contributed by atoms with Crippen molar-refractivity contribution in [2.24, 2.45) is 32.3 Å². The minimum absolute atomic E-state index is 0.336. The normalized spacial score (nSPS) is 23.1. The van der Waals surface area contributed by atoms with Crippen LogP contribution in [-0.4, -0.2) is 22.2 Å². The Hall–Kier alpha value is -2.84. The molecule has 32 heavy (non-hydrogen) atoms. The summed E-state index contributed by atoms with van der Waals surface area (Å²) in [5.74, 6) is 0.673. The predicted octanol–water partition coefficient (Wildman–Crippen LogP) is 6.43. The van der Waals surface area contributed by atoms with Gasteiger partial charge in [-0.3, -0.25) is 0 Å². The van der Waals surface area contributed by atoms with E-state index in [1.165, 1.54) is 0 Å². The standard InChI is InChI=1S/C12H16N4.C12H20N4/c1-11(7-13,9-3-4-9)15-16-12(2,8-14)10-5-6-10;1-5-7-11(3,9-13)15-16-12(4,10-14)8-6-2/h9-10H,3-6H2,1-2H3;5-8H2,1-4H3/b2*16-15+. The van der Waals surface area contributed by atoms with Gasteiger partial charge < -0.3 is 0 Å². The van der Waals surface area contributed by atoms with Gasteiger partial charge in [0.2, 0.25) is 0 Å². The van der Waals surface area contributed by atoms with Gasteiger partial charge in [-0.25, -0.2) is 0 Å². The molecule has 0 aromatic rings. The summed E-state index contributed by atoms with van der Waals surface area (Å²) in [5.41, 5.74) is -3.01. The summed E-state index contributed by atoms with van der Waals surface area (Å²) in [7, 11) is 0. The molecule has 2 saturated carbocycles. The van der Waals surface area contributed by atoms with Gasteiger partial charge in [-0.15, -0.1) is 0 Å². The maximum Gasteiger partial charge on any atom is 0.167 e. The van der Waals surface area contributed by atoms with Gasteiger partial charge in [-0.2, -0.15) is 41.5 Å². The second-order valence-electron chi connectivity index (χ2n) is 9.74. The van der Waals surface area contributed by atoms with Crippen LogP contribution >= 0.6 is 0 Å². The van der Waals surface area contributed by atoms with Gasteiger partial charge >= 0.3 is 0 Å². The van der Waals surface area contributed by atoms with Gasteiger partial charge in [-0.1, -0.05) is 26.7 Å². The van der Waals surface area contributed by atoms with Crippen LogP contribution in [0.5, 0.6) is 0 Å². The smallest absolute Gasteiger partial charge is 0.167 e. The first-order chi connectivity index (χ1) is 15.0. The third kappa shape index (κ3) is 7.69. The molecule has 0 heterocycles. The van der Waals surface area contributed by atoms with E-state index < -0.39 is 22.2 Å². The Morgan fingerprint density at radius 2 is 0.906 bits per heavy atom. The van der Waals surface area contributed by atoms with E-state index in [-0.39, 0.29) is 0 Å². The molecule has 0 aromatic carbocycles. The lowest BCUT2D eigenvalue weighted by Crippen LogP contribution is -2.26. The largest absolute Gasteiger partial charge is 0.196 e. The summed E-state index contributed by atoms with van der Waals surface area (Å²) in [6.07, 6.45) is 7.29. The molecule has 0 aliphatic heterocycles. The number of hydrogen-bond donors (Lipinski definition) is 0. The van der Waals surface area contributed by atoms with Crippen molar-refractivity contribution in [3.63, 3.8) is 0 Å². The Kier molecular flexibility index (Phi) is 9.48. The maximum atomic E-state index is 9.13. The summed E-state index contributed by atoms with van der Waals surface area (Å²) in [5, 5.41) is 52.8. The molecule has 2 aliphatic carbocycles. The molecule has 0 N–H and O–H groups in total. The highest BCUT2D eigenvalue weighted by Gasteiger charge is 2.46. The third-order valence-electron chi connectivity index (χ3n) is 6.11. The van der Waals surface area contributed by atoms with Crippen LogP contribution in [0.2, 0.25) is 0 Å². The zero-order chi connectivity index (χ0) is 24.5. The molecular weight excluding hydrogens is 400 g/mol. The first-order valence-electron chi connectivity index (χ1n) is 11.5. The highest BCUT2D eigenvalue weighted by Crippen LogP contribution is 2.45. The molecule has 172 valence electrons. The summed E-state index contributed by atoms with van der Waals surface area (Å²) in [6.45, 7) is 11.1. The van der Waals surface area contributed by atoms with E-state index >= 15 is 0 Å². The quantitative estimate of drug-likeness (QED) is 0.363. The molecule has 2 rings (SSSR count). The molecular formula is C24H36N8. The van der Waals surface area contributed by atoms with Crippen molar-refractivity contribution in [3.8, 4) is 24.3 Å².